The van der Waals surface area contributed by atoms with Gasteiger partial charge < -0.3 is 4.74 Å². The molecule has 0 fully saturated rings. The summed E-state index contributed by atoms with van der Waals surface area (Å²) in [6, 6.07) is 9.51. The van der Waals surface area contributed by atoms with E-state index in [4.69, 9.17) is 10.1 Å². The van der Waals surface area contributed by atoms with E-state index in [1.165, 1.54) is 0 Å². The van der Waals surface area contributed by atoms with Crippen molar-refractivity contribution in [3.05, 3.63) is 58.6 Å². The van der Waals surface area contributed by atoms with Crippen molar-refractivity contribution in [3.8, 4) is 11.6 Å². The third-order valence-electron chi connectivity index (χ3n) is 3.26. The zero-order chi connectivity index (χ0) is 14.7. The molecule has 1 aromatic heterocycles. The lowest BCUT2D eigenvalue weighted by molar-refractivity contribution is 0.458. The summed E-state index contributed by atoms with van der Waals surface area (Å²) < 4.78 is 5.94. The Bertz CT molecular complexity index is 851. The van der Waals surface area contributed by atoms with Crippen LogP contribution in [0.2, 0.25) is 0 Å². The summed E-state index contributed by atoms with van der Waals surface area (Å²) >= 11 is 3.45. The van der Waals surface area contributed by atoms with Crippen LogP contribution in [0, 0.1) is 5.41 Å². The maximum Gasteiger partial charge on any atom is 0.227 e. The highest BCUT2D eigenvalue weighted by Crippen LogP contribution is 2.30. The van der Waals surface area contributed by atoms with Gasteiger partial charge in [-0.1, -0.05) is 28.1 Å². The molecule has 1 N–H and O–H groups in total. The molecule has 2 aromatic rings. The molecule has 0 aliphatic carbocycles. The van der Waals surface area contributed by atoms with E-state index in [1.807, 2.05) is 36.4 Å². The molecule has 0 unspecified atom stereocenters. The van der Waals surface area contributed by atoms with Crippen LogP contribution in [0.15, 0.2) is 42.6 Å². The van der Waals surface area contributed by atoms with Gasteiger partial charge in [0.15, 0.2) is 0 Å². The average Bonchev–Trinajstić information content (AvgIpc) is 2.68. The van der Waals surface area contributed by atoms with Crippen LogP contribution in [0.25, 0.3) is 11.6 Å². The minimum Gasteiger partial charge on any atom is -0.438 e. The second-order valence-corrected chi connectivity index (χ2v) is 5.38. The molecule has 1 aromatic carbocycles. The summed E-state index contributed by atoms with van der Waals surface area (Å²) in [5, 5.41) is 9.93. The Morgan fingerprint density at radius 3 is 3.00 bits per heavy atom. The zero-order valence-electron chi connectivity index (χ0n) is 11.3. The van der Waals surface area contributed by atoms with Gasteiger partial charge in [-0.25, -0.2) is 4.98 Å². The van der Waals surface area contributed by atoms with Crippen LogP contribution in [0.3, 0.4) is 0 Å². The van der Waals surface area contributed by atoms with Crippen LogP contribution in [0.1, 0.15) is 12.0 Å². The molecule has 0 spiro atoms. The number of ether oxygens (including phenoxy) is 1. The predicted octanol–water partition coefficient (Wildman–Crippen LogP) is 2.76. The molecule has 4 heteroatoms. The van der Waals surface area contributed by atoms with Gasteiger partial charge in [0.2, 0.25) is 5.88 Å². The number of nitrogens with one attached hydrogen (secondary N) is 1. The number of nitrogens with zero attached hydrogens (tertiary/aromatic N) is 1. The number of pyridine rings is 1. The largest absolute Gasteiger partial charge is 0.438 e. The number of aromatic nitrogens is 1. The van der Waals surface area contributed by atoms with Gasteiger partial charge >= 0.3 is 0 Å². The third-order valence-corrected chi connectivity index (χ3v) is 3.72. The van der Waals surface area contributed by atoms with Crippen LogP contribution in [0.4, 0.5) is 0 Å². The Hall–Kier alpha value is -2.16. The van der Waals surface area contributed by atoms with Crippen molar-refractivity contribution < 1.29 is 4.74 Å². The number of alkyl halides is 1. The Morgan fingerprint density at radius 1 is 1.29 bits per heavy atom. The molecular weight excluding hydrogens is 328 g/mol. The Kier molecular flexibility index (Phi) is 4.00. The average molecular weight is 341 g/mol. The molecule has 3 rings (SSSR count). The highest BCUT2D eigenvalue weighted by Gasteiger charge is 2.14. The number of hydrogen-bond acceptors (Lipinski definition) is 3. The van der Waals surface area contributed by atoms with Crippen molar-refractivity contribution in [2.24, 2.45) is 0 Å². The number of hydrogen-bond donors (Lipinski definition) is 1. The molecule has 1 aliphatic rings. The van der Waals surface area contributed by atoms with Gasteiger partial charge in [0, 0.05) is 27.5 Å². The van der Waals surface area contributed by atoms with Crippen molar-refractivity contribution in [2.75, 3.05) is 5.33 Å². The van der Waals surface area contributed by atoms with Crippen LogP contribution in [-0.2, 0) is 0 Å². The SMILES string of the molecule is N=C=c1cccc2c1=CC(=CCCBr)c1cccnc1O2. The van der Waals surface area contributed by atoms with Crippen molar-refractivity contribution >= 4 is 33.4 Å². The zero-order valence-corrected chi connectivity index (χ0v) is 12.9. The predicted molar refractivity (Wildman–Crippen MR) is 87.7 cm³/mol. The van der Waals surface area contributed by atoms with Crippen molar-refractivity contribution in [3.63, 3.8) is 0 Å². The van der Waals surface area contributed by atoms with Gasteiger partial charge in [0.25, 0.3) is 0 Å². The maximum absolute atomic E-state index is 7.45. The fourth-order valence-corrected chi connectivity index (χ4v) is 2.53. The first-order chi connectivity index (χ1) is 10.3. The van der Waals surface area contributed by atoms with E-state index in [-0.39, 0.29) is 0 Å². The van der Waals surface area contributed by atoms with Crippen LogP contribution >= 0.6 is 15.9 Å². The lowest BCUT2D eigenvalue weighted by atomic mass is 10.0. The van der Waals surface area contributed by atoms with E-state index < -0.39 is 0 Å². The van der Waals surface area contributed by atoms with Crippen LogP contribution in [-0.4, -0.2) is 16.2 Å². The summed E-state index contributed by atoms with van der Waals surface area (Å²) in [5.74, 6) is 3.76. The summed E-state index contributed by atoms with van der Waals surface area (Å²) in [6.45, 7) is 0. The van der Waals surface area contributed by atoms with Crippen molar-refractivity contribution in [2.45, 2.75) is 6.42 Å². The molecule has 0 amide bonds. The number of fused-ring (bicyclic) bond motifs is 2. The Labute approximate surface area is 130 Å². The molecule has 21 heavy (non-hydrogen) atoms. The first-order valence-electron chi connectivity index (χ1n) is 6.63. The molecule has 0 bridgehead atoms. The molecule has 3 nitrogen and oxygen atoms in total. The summed E-state index contributed by atoms with van der Waals surface area (Å²) in [5.41, 5.74) is 2.02. The Morgan fingerprint density at radius 2 is 2.19 bits per heavy atom. The van der Waals surface area contributed by atoms with E-state index in [1.54, 1.807) is 6.20 Å². The van der Waals surface area contributed by atoms with E-state index >= 15 is 0 Å². The normalized spacial score (nSPS) is 14.2. The van der Waals surface area contributed by atoms with Gasteiger partial charge in [-0.3, -0.25) is 5.41 Å². The molecule has 0 radical (unpaired) electrons. The van der Waals surface area contributed by atoms with Gasteiger partial charge in [0.1, 0.15) is 5.75 Å². The monoisotopic (exact) mass is 340 g/mol. The van der Waals surface area contributed by atoms with E-state index in [0.29, 0.717) is 16.8 Å². The Balaban J connectivity index is 2.34. The van der Waals surface area contributed by atoms with E-state index in [0.717, 1.165) is 28.1 Å². The molecule has 0 saturated carbocycles. The van der Waals surface area contributed by atoms with Gasteiger partial charge in [0.05, 0.1) is 0 Å². The second kappa shape index (κ2) is 6.08. The minimum atomic E-state index is 0.593. The fourth-order valence-electron chi connectivity index (χ4n) is 2.30. The number of rotatable bonds is 2. The number of allylic oxidation sites excluding steroid dienone is 2. The van der Waals surface area contributed by atoms with Crippen molar-refractivity contribution in [1.29, 1.82) is 5.41 Å². The molecule has 0 saturated heterocycles. The summed E-state index contributed by atoms with van der Waals surface area (Å²) in [6.07, 6.45) is 6.82. The summed E-state index contributed by atoms with van der Waals surface area (Å²) in [7, 11) is 0. The molecule has 0 atom stereocenters. The smallest absolute Gasteiger partial charge is 0.227 e. The molecule has 1 aliphatic heterocycles. The van der Waals surface area contributed by atoms with Crippen LogP contribution < -0.4 is 15.2 Å². The summed E-state index contributed by atoms with van der Waals surface area (Å²) in [4.78, 5) is 4.33. The lowest BCUT2D eigenvalue weighted by Crippen LogP contribution is -2.26. The van der Waals surface area contributed by atoms with Gasteiger partial charge in [-0.15, -0.1) is 0 Å². The molecule has 2 heterocycles. The first kappa shape index (κ1) is 13.8. The third kappa shape index (κ3) is 2.68. The number of benzene rings is 1. The number of halogens is 1. The van der Waals surface area contributed by atoms with Gasteiger partial charge in [-0.2, -0.15) is 0 Å². The van der Waals surface area contributed by atoms with E-state index in [2.05, 4.69) is 32.9 Å². The van der Waals surface area contributed by atoms with Crippen LogP contribution in [0.5, 0.6) is 11.6 Å². The van der Waals surface area contributed by atoms with E-state index in [9.17, 15) is 0 Å². The highest BCUT2D eigenvalue weighted by atomic mass is 79.9. The quantitative estimate of drug-likeness (QED) is 0.674. The van der Waals surface area contributed by atoms with Crippen molar-refractivity contribution in [1.82, 2.24) is 4.98 Å². The minimum absolute atomic E-state index is 0.593. The molecular formula is C17H13BrN2O. The molecule has 104 valence electrons. The highest BCUT2D eigenvalue weighted by molar-refractivity contribution is 9.09. The van der Waals surface area contributed by atoms with Gasteiger partial charge in [-0.05, 0) is 48.2 Å². The fraction of sp³-hybridized carbons (Fsp3) is 0.118. The lowest BCUT2D eigenvalue weighted by Gasteiger charge is -2.07. The standard InChI is InChI=1S/C17H13BrN2O/c18-8-2-5-12-10-15-13(11-19)4-1-7-16(15)21-17-14(12)6-3-9-20-17/h1,3-7,9-10,19H,2,8H2. The maximum atomic E-state index is 7.45. The topological polar surface area (TPSA) is 46.0 Å². The first-order valence-corrected chi connectivity index (χ1v) is 7.75. The second-order valence-electron chi connectivity index (χ2n) is 4.58.